The van der Waals surface area contributed by atoms with Crippen LogP contribution in [-0.2, 0) is 4.79 Å². The molecule has 4 aromatic carbocycles. The van der Waals surface area contributed by atoms with Crippen LogP contribution in [0.5, 0.6) is 0 Å². The molecule has 8 heteroatoms. The number of anilines is 1. The molecule has 1 aromatic heterocycles. The topological polar surface area (TPSA) is 108 Å². The number of carbonyl (C=O) groups excluding carboxylic acids is 1. The Bertz CT molecular complexity index is 1860. The Kier molecular flexibility index (Phi) is 8.43. The van der Waals surface area contributed by atoms with Crippen molar-refractivity contribution < 1.29 is 4.79 Å². The molecule has 0 bridgehead atoms. The van der Waals surface area contributed by atoms with Crippen molar-refractivity contribution in [2.45, 2.75) is 19.1 Å². The number of carbonyl (C=O) groups is 1. The molecule has 7 nitrogen and oxygen atoms in total. The molecule has 0 fully saturated rings. The molecule has 1 unspecified atom stereocenters. The summed E-state index contributed by atoms with van der Waals surface area (Å²) in [7, 11) is 0. The number of rotatable bonds is 7. The zero-order valence-corrected chi connectivity index (χ0v) is 25.2. The summed E-state index contributed by atoms with van der Waals surface area (Å²) in [4.78, 5) is 21.6. The normalized spacial score (nSPS) is 15.1. The molecule has 0 saturated heterocycles. The van der Waals surface area contributed by atoms with Crippen LogP contribution >= 0.6 is 11.8 Å². The molecule has 5 aromatic rings. The van der Waals surface area contributed by atoms with Gasteiger partial charge in [-0.25, -0.2) is 4.99 Å². The van der Waals surface area contributed by atoms with Crippen LogP contribution in [0.25, 0.3) is 22.4 Å². The molecule has 0 aliphatic carbocycles. The van der Waals surface area contributed by atoms with Gasteiger partial charge in [0.1, 0.15) is 5.82 Å². The molecule has 1 atom stereocenters. The second-order valence-electron chi connectivity index (χ2n) is 10.4. The maximum Gasteiger partial charge on any atom is 0.256 e. The molecule has 0 spiro atoms. The largest absolute Gasteiger partial charge is 0.383 e. The van der Waals surface area contributed by atoms with Gasteiger partial charge in [-0.1, -0.05) is 121 Å². The van der Waals surface area contributed by atoms with Crippen molar-refractivity contribution in [1.82, 2.24) is 10.4 Å². The summed E-state index contributed by atoms with van der Waals surface area (Å²) in [5, 5.41) is 7.87. The number of H-pyrrole nitrogens is 1. The second-order valence-corrected chi connectivity index (χ2v) is 11.5. The van der Waals surface area contributed by atoms with Crippen molar-refractivity contribution in [3.05, 3.63) is 150 Å². The first-order chi connectivity index (χ1) is 21.5. The number of nitrogens with two attached hydrogens (primary N) is 1. The van der Waals surface area contributed by atoms with E-state index in [0.717, 1.165) is 44.9 Å². The molecule has 5 N–H and O–H groups in total. The minimum Gasteiger partial charge on any atom is -0.383 e. The van der Waals surface area contributed by atoms with Crippen molar-refractivity contribution in [2.24, 2.45) is 15.8 Å². The smallest absolute Gasteiger partial charge is 0.256 e. The van der Waals surface area contributed by atoms with E-state index in [9.17, 15) is 4.79 Å². The highest BCUT2D eigenvalue weighted by molar-refractivity contribution is 8.14. The van der Waals surface area contributed by atoms with E-state index in [0.29, 0.717) is 16.4 Å². The van der Waals surface area contributed by atoms with Gasteiger partial charge in [0.15, 0.2) is 5.17 Å². The number of aromatic amines is 1. The van der Waals surface area contributed by atoms with Crippen molar-refractivity contribution in [1.29, 1.82) is 0 Å². The Morgan fingerprint density at radius 3 is 2.05 bits per heavy atom. The van der Waals surface area contributed by atoms with E-state index in [4.69, 9.17) is 10.8 Å². The zero-order chi connectivity index (χ0) is 30.5. The number of para-hydroxylation sites is 1. The number of aromatic nitrogens is 1. The van der Waals surface area contributed by atoms with E-state index in [-0.39, 0.29) is 17.0 Å². The van der Waals surface area contributed by atoms with Gasteiger partial charge in [0.25, 0.3) is 5.91 Å². The lowest BCUT2D eigenvalue weighted by Crippen LogP contribution is -2.29. The fourth-order valence-electron chi connectivity index (χ4n) is 5.35. The Morgan fingerprint density at radius 1 is 0.841 bits per heavy atom. The number of nitrogens with one attached hydrogen (secondary N) is 3. The first kappa shape index (κ1) is 28.8. The van der Waals surface area contributed by atoms with Crippen LogP contribution in [0.4, 0.5) is 5.69 Å². The number of amides is 1. The lowest BCUT2D eigenvalue weighted by atomic mass is 9.95. The molecule has 6 rings (SSSR count). The average Bonchev–Trinajstić information content (AvgIpc) is 3.42. The number of thioether (sulfide) groups is 1. The van der Waals surface area contributed by atoms with Gasteiger partial charge >= 0.3 is 0 Å². The third-order valence-electron chi connectivity index (χ3n) is 7.36. The van der Waals surface area contributed by atoms with E-state index >= 15 is 0 Å². The quantitative estimate of drug-likeness (QED) is 0.114. The predicted molar refractivity (Wildman–Crippen MR) is 182 cm³/mol. The molecule has 1 aliphatic heterocycles. The first-order valence-corrected chi connectivity index (χ1v) is 15.2. The SMILES string of the molecule is C/C(=N\NC1=NC(N)=C(C(=O)Nc2ccccc2)C(c2ccccc2)S1)c1c(C)[nH]c(-c2ccccc2)c1-c1ccccc1. The highest BCUT2D eigenvalue weighted by atomic mass is 32.2. The lowest BCUT2D eigenvalue weighted by Gasteiger charge is -2.25. The fourth-order valence-corrected chi connectivity index (χ4v) is 6.46. The van der Waals surface area contributed by atoms with E-state index in [1.807, 2.05) is 104 Å². The number of hydrazone groups is 1. The maximum absolute atomic E-state index is 13.5. The minimum absolute atomic E-state index is 0.149. The third kappa shape index (κ3) is 6.07. The van der Waals surface area contributed by atoms with E-state index in [1.165, 1.54) is 11.8 Å². The van der Waals surface area contributed by atoms with Gasteiger partial charge in [-0.05, 0) is 42.7 Å². The van der Waals surface area contributed by atoms with Crippen LogP contribution in [0.15, 0.2) is 143 Å². The Hall–Kier alpha value is -5.34. The standard InChI is InChI=1S/C36H32N6OS/c1-23-29(30(25-15-7-3-8-16-25)32(38-23)26-17-9-4-10-18-26)24(2)41-42-36-40-34(37)31(33(44-36)27-19-11-5-12-20-27)35(43)39-28-21-13-6-14-22-28/h3-22,33,38H,37H2,1-2H3,(H,39,43)(H,40,42)/b41-24+. The summed E-state index contributed by atoms with van der Waals surface area (Å²) >= 11 is 1.40. The molecular formula is C36H32N6OS. The van der Waals surface area contributed by atoms with Gasteiger partial charge < -0.3 is 16.0 Å². The monoisotopic (exact) mass is 596 g/mol. The van der Waals surface area contributed by atoms with Gasteiger partial charge in [0, 0.05) is 22.5 Å². The summed E-state index contributed by atoms with van der Waals surface area (Å²) in [6.07, 6.45) is 0. The van der Waals surface area contributed by atoms with Crippen molar-refractivity contribution in [2.75, 3.05) is 5.32 Å². The van der Waals surface area contributed by atoms with Crippen LogP contribution < -0.4 is 16.5 Å². The number of hydrogen-bond acceptors (Lipinski definition) is 6. The Balaban J connectivity index is 1.35. The van der Waals surface area contributed by atoms with Crippen LogP contribution in [0.3, 0.4) is 0 Å². The highest BCUT2D eigenvalue weighted by Crippen LogP contribution is 2.41. The minimum atomic E-state index is -0.381. The molecule has 2 heterocycles. The highest BCUT2D eigenvalue weighted by Gasteiger charge is 2.32. The molecule has 0 saturated carbocycles. The van der Waals surface area contributed by atoms with Gasteiger partial charge in [-0.15, -0.1) is 0 Å². The summed E-state index contributed by atoms with van der Waals surface area (Å²) < 4.78 is 0. The molecule has 1 amide bonds. The van der Waals surface area contributed by atoms with Gasteiger partial charge in [0.05, 0.1) is 22.2 Å². The lowest BCUT2D eigenvalue weighted by molar-refractivity contribution is -0.113. The summed E-state index contributed by atoms with van der Waals surface area (Å²) in [5.74, 6) is -0.142. The number of hydrogen-bond donors (Lipinski definition) is 4. The maximum atomic E-state index is 13.5. The van der Waals surface area contributed by atoms with Crippen LogP contribution in [0, 0.1) is 6.92 Å². The number of amidine groups is 1. The van der Waals surface area contributed by atoms with Gasteiger partial charge in [0.2, 0.25) is 0 Å². The number of benzene rings is 4. The van der Waals surface area contributed by atoms with Crippen molar-refractivity contribution in [3.63, 3.8) is 0 Å². The van der Waals surface area contributed by atoms with Crippen LogP contribution in [0.2, 0.25) is 0 Å². The Labute approximate surface area is 261 Å². The van der Waals surface area contributed by atoms with Crippen molar-refractivity contribution in [3.8, 4) is 22.4 Å². The van der Waals surface area contributed by atoms with Gasteiger partial charge in [-0.3, -0.25) is 10.2 Å². The van der Waals surface area contributed by atoms with E-state index in [2.05, 4.69) is 51.9 Å². The summed E-state index contributed by atoms with van der Waals surface area (Å²) in [6, 6.07) is 39.7. The number of nitrogens with zero attached hydrogens (tertiary/aromatic N) is 2. The van der Waals surface area contributed by atoms with Gasteiger partial charge in [-0.2, -0.15) is 5.10 Å². The van der Waals surface area contributed by atoms with Crippen molar-refractivity contribution >= 4 is 34.2 Å². The molecule has 44 heavy (non-hydrogen) atoms. The molecule has 1 aliphatic rings. The number of aryl methyl sites for hydroxylation is 1. The zero-order valence-electron chi connectivity index (χ0n) is 24.4. The van der Waals surface area contributed by atoms with Crippen LogP contribution in [0.1, 0.15) is 29.0 Å². The predicted octanol–water partition coefficient (Wildman–Crippen LogP) is 7.62. The summed E-state index contributed by atoms with van der Waals surface area (Å²) in [6.45, 7) is 4.04. The second kappa shape index (κ2) is 12.9. The van der Waals surface area contributed by atoms with Crippen LogP contribution in [-0.4, -0.2) is 21.8 Å². The first-order valence-electron chi connectivity index (χ1n) is 14.3. The Morgan fingerprint density at radius 2 is 1.41 bits per heavy atom. The average molecular weight is 597 g/mol. The van der Waals surface area contributed by atoms with E-state index in [1.54, 1.807) is 0 Å². The number of aliphatic imine (C=N–C) groups is 1. The van der Waals surface area contributed by atoms with E-state index < -0.39 is 0 Å². The molecule has 218 valence electrons. The third-order valence-corrected chi connectivity index (χ3v) is 8.51. The fraction of sp³-hybridized carbons (Fsp3) is 0.0833. The molecular weight excluding hydrogens is 565 g/mol. The molecule has 0 radical (unpaired) electrons. The summed E-state index contributed by atoms with van der Waals surface area (Å²) in [5.41, 5.74) is 18.8.